The van der Waals surface area contributed by atoms with Gasteiger partial charge in [-0.05, 0) is 41.5 Å². The molecule has 0 bridgehead atoms. The van der Waals surface area contributed by atoms with Crippen LogP contribution in [0.3, 0.4) is 0 Å². The third kappa shape index (κ3) is 4.69. The molecule has 0 aliphatic heterocycles. The van der Waals surface area contributed by atoms with Crippen molar-refractivity contribution in [2.24, 2.45) is 0 Å². The van der Waals surface area contributed by atoms with Gasteiger partial charge >= 0.3 is 0 Å². The van der Waals surface area contributed by atoms with Gasteiger partial charge in [-0.3, -0.25) is 4.79 Å². The summed E-state index contributed by atoms with van der Waals surface area (Å²) in [7, 11) is 1.62. The Hall–Kier alpha value is -2.75. The molecule has 0 fully saturated rings. The predicted molar refractivity (Wildman–Crippen MR) is 84.7 cm³/mol. The van der Waals surface area contributed by atoms with Crippen LogP contribution in [0.5, 0.6) is 5.75 Å². The van der Waals surface area contributed by atoms with E-state index in [1.807, 2.05) is 42.5 Å². The Bertz CT molecular complexity index is 651. The molecule has 4 heteroatoms. The summed E-state index contributed by atoms with van der Waals surface area (Å²) in [5.41, 5.74) is 8.24. The molecule has 0 saturated heterocycles. The van der Waals surface area contributed by atoms with Gasteiger partial charge in [0.2, 0.25) is 5.91 Å². The topological polar surface area (TPSA) is 64.3 Å². The van der Waals surface area contributed by atoms with Gasteiger partial charge in [-0.2, -0.15) is 0 Å². The molecule has 21 heavy (non-hydrogen) atoms. The van der Waals surface area contributed by atoms with E-state index in [1.54, 1.807) is 19.3 Å². The summed E-state index contributed by atoms with van der Waals surface area (Å²) in [5.74, 6) is 0.622. The lowest BCUT2D eigenvalue weighted by Gasteiger charge is -2.05. The molecule has 1 amide bonds. The number of hydrogen-bond acceptors (Lipinski definition) is 3. The zero-order valence-electron chi connectivity index (χ0n) is 11.9. The molecule has 0 atom stereocenters. The molecule has 2 aromatic rings. The van der Waals surface area contributed by atoms with E-state index in [1.165, 1.54) is 6.08 Å². The number of hydrogen-bond donors (Lipinski definition) is 2. The van der Waals surface area contributed by atoms with Crippen LogP contribution in [0.1, 0.15) is 11.1 Å². The fraction of sp³-hybridized carbons (Fsp3) is 0.118. The normalized spacial score (nSPS) is 10.5. The summed E-state index contributed by atoms with van der Waals surface area (Å²) in [4.78, 5) is 11.8. The average molecular weight is 282 g/mol. The van der Waals surface area contributed by atoms with Crippen LogP contribution in [0, 0.1) is 0 Å². The minimum absolute atomic E-state index is 0.153. The molecule has 4 nitrogen and oxygen atoms in total. The van der Waals surface area contributed by atoms with Crippen LogP contribution >= 0.6 is 0 Å². The molecular formula is C17H18N2O2. The minimum Gasteiger partial charge on any atom is -0.497 e. The summed E-state index contributed by atoms with van der Waals surface area (Å²) in [6, 6.07) is 14.9. The first-order valence-corrected chi connectivity index (χ1v) is 6.62. The average Bonchev–Trinajstić information content (AvgIpc) is 2.51. The zero-order valence-corrected chi connectivity index (χ0v) is 11.9. The number of carbonyl (C=O) groups excluding carboxylic acids is 1. The molecule has 0 aromatic heterocycles. The van der Waals surface area contributed by atoms with Gasteiger partial charge in [0.25, 0.3) is 0 Å². The van der Waals surface area contributed by atoms with Crippen LogP contribution in [-0.4, -0.2) is 13.0 Å². The van der Waals surface area contributed by atoms with Gasteiger partial charge in [-0.1, -0.05) is 24.3 Å². The van der Waals surface area contributed by atoms with E-state index in [0.717, 1.165) is 16.9 Å². The van der Waals surface area contributed by atoms with Crippen molar-refractivity contribution < 1.29 is 9.53 Å². The monoisotopic (exact) mass is 282 g/mol. The maximum Gasteiger partial charge on any atom is 0.244 e. The third-order valence-corrected chi connectivity index (χ3v) is 2.94. The fourth-order valence-corrected chi connectivity index (χ4v) is 1.87. The lowest BCUT2D eigenvalue weighted by Crippen LogP contribution is -2.20. The maximum absolute atomic E-state index is 11.8. The molecule has 0 aliphatic rings. The number of nitrogens with two attached hydrogens (primary N) is 1. The standard InChI is InChI=1S/C17H18N2O2/c1-21-16-7-3-5-14(11-16)12-19-17(20)9-8-13-4-2-6-15(18)10-13/h2-11H,12,18H2,1H3,(H,19,20)/b9-8+. The second kappa shape index (κ2) is 7.14. The quantitative estimate of drug-likeness (QED) is 0.654. The van der Waals surface area contributed by atoms with Gasteiger partial charge in [0.15, 0.2) is 0 Å². The van der Waals surface area contributed by atoms with E-state index in [2.05, 4.69) is 5.32 Å². The molecule has 3 N–H and O–H groups in total. The van der Waals surface area contributed by atoms with Crippen LogP contribution in [0.2, 0.25) is 0 Å². The number of nitrogens with one attached hydrogen (secondary N) is 1. The van der Waals surface area contributed by atoms with Crippen LogP contribution in [0.4, 0.5) is 5.69 Å². The highest BCUT2D eigenvalue weighted by Gasteiger charge is 1.99. The Morgan fingerprint density at radius 1 is 1.24 bits per heavy atom. The van der Waals surface area contributed by atoms with Crippen LogP contribution in [0.25, 0.3) is 6.08 Å². The number of nitrogen functional groups attached to an aromatic ring is 1. The van der Waals surface area contributed by atoms with Crippen LogP contribution in [0.15, 0.2) is 54.6 Å². The summed E-state index contributed by atoms with van der Waals surface area (Å²) < 4.78 is 5.14. The first-order chi connectivity index (χ1) is 10.2. The molecule has 0 saturated carbocycles. The van der Waals surface area contributed by atoms with Crippen LogP contribution in [-0.2, 0) is 11.3 Å². The Morgan fingerprint density at radius 3 is 2.81 bits per heavy atom. The maximum atomic E-state index is 11.8. The van der Waals surface area contributed by atoms with Crippen molar-refractivity contribution in [1.82, 2.24) is 5.32 Å². The van der Waals surface area contributed by atoms with Crippen molar-refractivity contribution >= 4 is 17.7 Å². The Kier molecular flexibility index (Phi) is 4.99. The van der Waals surface area contributed by atoms with E-state index < -0.39 is 0 Å². The van der Waals surface area contributed by atoms with E-state index in [4.69, 9.17) is 10.5 Å². The second-order valence-corrected chi connectivity index (χ2v) is 4.57. The van der Waals surface area contributed by atoms with Crippen molar-refractivity contribution in [2.45, 2.75) is 6.54 Å². The summed E-state index contributed by atoms with van der Waals surface area (Å²) in [6.45, 7) is 0.456. The summed E-state index contributed by atoms with van der Waals surface area (Å²) in [5, 5.41) is 2.82. The summed E-state index contributed by atoms with van der Waals surface area (Å²) >= 11 is 0. The predicted octanol–water partition coefficient (Wildman–Crippen LogP) is 2.61. The van der Waals surface area contributed by atoms with Crippen molar-refractivity contribution in [3.63, 3.8) is 0 Å². The smallest absolute Gasteiger partial charge is 0.244 e. The lowest BCUT2D eigenvalue weighted by atomic mass is 10.2. The van der Waals surface area contributed by atoms with Crippen LogP contribution < -0.4 is 15.8 Å². The SMILES string of the molecule is COc1cccc(CNC(=O)/C=C/c2cccc(N)c2)c1. The molecule has 0 radical (unpaired) electrons. The highest BCUT2D eigenvalue weighted by molar-refractivity contribution is 5.91. The van der Waals surface area contributed by atoms with Gasteiger partial charge in [-0.25, -0.2) is 0 Å². The molecular weight excluding hydrogens is 264 g/mol. The number of methoxy groups -OCH3 is 1. The molecule has 0 spiro atoms. The van der Waals surface area contributed by atoms with E-state index in [-0.39, 0.29) is 5.91 Å². The number of amides is 1. The fourth-order valence-electron chi connectivity index (χ4n) is 1.87. The molecule has 2 aromatic carbocycles. The third-order valence-electron chi connectivity index (χ3n) is 2.94. The Balaban J connectivity index is 1.90. The van der Waals surface area contributed by atoms with Gasteiger partial charge in [0.1, 0.15) is 5.75 Å². The van der Waals surface area contributed by atoms with Crippen molar-refractivity contribution in [3.05, 3.63) is 65.7 Å². The molecule has 0 unspecified atom stereocenters. The Labute approximate surface area is 124 Å². The van der Waals surface area contributed by atoms with E-state index in [9.17, 15) is 4.79 Å². The lowest BCUT2D eigenvalue weighted by molar-refractivity contribution is -0.116. The van der Waals surface area contributed by atoms with Crippen molar-refractivity contribution in [2.75, 3.05) is 12.8 Å². The molecule has 0 heterocycles. The van der Waals surface area contributed by atoms with Gasteiger partial charge < -0.3 is 15.8 Å². The number of benzene rings is 2. The number of anilines is 1. The molecule has 108 valence electrons. The number of rotatable bonds is 5. The number of ether oxygens (including phenoxy) is 1. The zero-order chi connectivity index (χ0) is 15.1. The highest BCUT2D eigenvalue weighted by Crippen LogP contribution is 2.12. The van der Waals surface area contributed by atoms with Crippen molar-refractivity contribution in [3.8, 4) is 5.75 Å². The largest absolute Gasteiger partial charge is 0.497 e. The van der Waals surface area contributed by atoms with Crippen molar-refractivity contribution in [1.29, 1.82) is 0 Å². The highest BCUT2D eigenvalue weighted by atomic mass is 16.5. The second-order valence-electron chi connectivity index (χ2n) is 4.57. The van der Waals surface area contributed by atoms with E-state index >= 15 is 0 Å². The van der Waals surface area contributed by atoms with E-state index in [0.29, 0.717) is 12.2 Å². The number of carbonyl (C=O) groups is 1. The Morgan fingerprint density at radius 2 is 2.05 bits per heavy atom. The minimum atomic E-state index is -0.153. The first kappa shape index (κ1) is 14.7. The van der Waals surface area contributed by atoms with Gasteiger partial charge in [0.05, 0.1) is 7.11 Å². The molecule has 0 aliphatic carbocycles. The molecule has 2 rings (SSSR count). The summed E-state index contributed by atoms with van der Waals surface area (Å²) in [6.07, 6.45) is 3.23. The van der Waals surface area contributed by atoms with Gasteiger partial charge in [0, 0.05) is 18.3 Å². The van der Waals surface area contributed by atoms with Gasteiger partial charge in [-0.15, -0.1) is 0 Å². The first-order valence-electron chi connectivity index (χ1n) is 6.62.